The maximum atomic E-state index is 12.5. The number of ether oxygens (including phenoxy) is 1. The van der Waals surface area contributed by atoms with Crippen LogP contribution in [0.3, 0.4) is 0 Å². The molecule has 0 atom stereocenters. The topological polar surface area (TPSA) is 51.2 Å². The Balaban J connectivity index is 1.70. The van der Waals surface area contributed by atoms with Gasteiger partial charge in [0.15, 0.2) is 0 Å². The van der Waals surface area contributed by atoms with Gasteiger partial charge in [-0.05, 0) is 36.2 Å². The number of amides is 1. The summed E-state index contributed by atoms with van der Waals surface area (Å²) in [4.78, 5) is 16.6. The number of benzene rings is 2. The molecular formula is C20H17ClN2O2. The van der Waals surface area contributed by atoms with Crippen LogP contribution >= 0.6 is 11.6 Å². The summed E-state index contributed by atoms with van der Waals surface area (Å²) in [6.07, 6.45) is 1.56. The van der Waals surface area contributed by atoms with Crippen LogP contribution < -0.4 is 10.1 Å². The Morgan fingerprint density at radius 2 is 1.92 bits per heavy atom. The van der Waals surface area contributed by atoms with Crippen LogP contribution in [-0.2, 0) is 6.61 Å². The van der Waals surface area contributed by atoms with Gasteiger partial charge < -0.3 is 10.1 Å². The van der Waals surface area contributed by atoms with Crippen LogP contribution in [0.5, 0.6) is 5.88 Å². The molecule has 0 saturated heterocycles. The van der Waals surface area contributed by atoms with E-state index in [2.05, 4.69) is 10.3 Å². The van der Waals surface area contributed by atoms with E-state index in [0.717, 1.165) is 11.1 Å². The second-order valence-electron chi connectivity index (χ2n) is 5.57. The molecule has 126 valence electrons. The van der Waals surface area contributed by atoms with Crippen molar-refractivity contribution in [1.82, 2.24) is 4.98 Å². The van der Waals surface area contributed by atoms with Crippen molar-refractivity contribution in [2.75, 3.05) is 5.32 Å². The van der Waals surface area contributed by atoms with E-state index in [-0.39, 0.29) is 5.91 Å². The molecule has 0 aliphatic carbocycles. The molecule has 0 saturated carbocycles. The fraction of sp³-hybridized carbons (Fsp3) is 0.100. The zero-order valence-corrected chi connectivity index (χ0v) is 14.5. The predicted octanol–water partition coefficient (Wildman–Crippen LogP) is 4.87. The van der Waals surface area contributed by atoms with E-state index in [4.69, 9.17) is 16.3 Å². The Kier molecular flexibility index (Phi) is 5.31. The highest BCUT2D eigenvalue weighted by atomic mass is 35.5. The third-order valence-electron chi connectivity index (χ3n) is 3.67. The number of carbonyl (C=O) groups is 1. The van der Waals surface area contributed by atoms with Crippen molar-refractivity contribution in [3.63, 3.8) is 0 Å². The van der Waals surface area contributed by atoms with E-state index in [0.29, 0.717) is 28.8 Å². The minimum absolute atomic E-state index is 0.239. The first-order valence-electron chi connectivity index (χ1n) is 7.82. The summed E-state index contributed by atoms with van der Waals surface area (Å²) < 4.78 is 5.66. The van der Waals surface area contributed by atoms with Crippen molar-refractivity contribution in [1.29, 1.82) is 0 Å². The molecule has 0 aliphatic heterocycles. The molecule has 25 heavy (non-hydrogen) atoms. The van der Waals surface area contributed by atoms with Gasteiger partial charge in [-0.15, -0.1) is 0 Å². The van der Waals surface area contributed by atoms with Gasteiger partial charge in [-0.1, -0.05) is 48.0 Å². The highest BCUT2D eigenvalue weighted by molar-refractivity contribution is 6.31. The summed E-state index contributed by atoms with van der Waals surface area (Å²) in [5.74, 6) is 0.164. The molecule has 2 aromatic carbocycles. The fourth-order valence-electron chi connectivity index (χ4n) is 2.28. The van der Waals surface area contributed by atoms with Gasteiger partial charge >= 0.3 is 0 Å². The number of aromatic nitrogens is 1. The number of nitrogens with one attached hydrogen (secondary N) is 1. The highest BCUT2D eigenvalue weighted by Gasteiger charge is 2.10. The first kappa shape index (κ1) is 17.0. The molecule has 1 N–H and O–H groups in total. The smallest absolute Gasteiger partial charge is 0.255 e. The molecule has 1 amide bonds. The van der Waals surface area contributed by atoms with E-state index in [1.165, 1.54) is 0 Å². The number of pyridine rings is 1. The SMILES string of the molecule is Cc1ccc(Cl)cc1NC(=O)c1ccnc(OCc2ccccc2)c1. The van der Waals surface area contributed by atoms with Crippen LogP contribution in [0, 0.1) is 6.92 Å². The van der Waals surface area contributed by atoms with Gasteiger partial charge in [0, 0.05) is 28.5 Å². The Bertz CT molecular complexity index is 882. The van der Waals surface area contributed by atoms with Gasteiger partial charge in [-0.25, -0.2) is 4.98 Å². The summed E-state index contributed by atoms with van der Waals surface area (Å²) in [7, 11) is 0. The second kappa shape index (κ2) is 7.81. The lowest BCUT2D eigenvalue weighted by atomic mass is 10.2. The third kappa shape index (κ3) is 4.58. The molecule has 3 aromatic rings. The number of hydrogen-bond acceptors (Lipinski definition) is 3. The largest absolute Gasteiger partial charge is 0.473 e. The van der Waals surface area contributed by atoms with Crippen molar-refractivity contribution in [3.05, 3.63) is 88.6 Å². The molecule has 0 radical (unpaired) electrons. The summed E-state index contributed by atoms with van der Waals surface area (Å²) in [5, 5.41) is 3.43. The predicted molar refractivity (Wildman–Crippen MR) is 99.2 cm³/mol. The standard InChI is InChI=1S/C20H17ClN2O2/c1-14-7-8-17(21)12-18(14)23-20(24)16-9-10-22-19(11-16)25-13-15-5-3-2-4-6-15/h2-12H,13H2,1H3,(H,23,24). The highest BCUT2D eigenvalue weighted by Crippen LogP contribution is 2.21. The summed E-state index contributed by atoms with van der Waals surface area (Å²) in [5.41, 5.74) is 3.12. The van der Waals surface area contributed by atoms with Gasteiger partial charge in [-0.3, -0.25) is 4.79 Å². The molecule has 0 bridgehead atoms. The van der Waals surface area contributed by atoms with Crippen LogP contribution in [0.4, 0.5) is 5.69 Å². The van der Waals surface area contributed by atoms with E-state index < -0.39 is 0 Å². The minimum Gasteiger partial charge on any atom is -0.473 e. The van der Waals surface area contributed by atoms with Crippen molar-refractivity contribution in [2.24, 2.45) is 0 Å². The summed E-state index contributed by atoms with van der Waals surface area (Å²) >= 11 is 5.99. The van der Waals surface area contributed by atoms with Gasteiger partial charge in [-0.2, -0.15) is 0 Å². The lowest BCUT2D eigenvalue weighted by molar-refractivity contribution is 0.102. The maximum Gasteiger partial charge on any atom is 0.255 e. The first-order chi connectivity index (χ1) is 12.1. The van der Waals surface area contributed by atoms with Gasteiger partial charge in [0.05, 0.1) is 0 Å². The molecule has 1 heterocycles. The van der Waals surface area contributed by atoms with Crippen LogP contribution in [0.1, 0.15) is 21.5 Å². The monoisotopic (exact) mass is 352 g/mol. The van der Waals surface area contributed by atoms with E-state index in [1.54, 1.807) is 30.5 Å². The Labute approximate surface area is 151 Å². The van der Waals surface area contributed by atoms with Gasteiger partial charge in [0.2, 0.25) is 5.88 Å². The second-order valence-corrected chi connectivity index (χ2v) is 6.01. The average Bonchev–Trinajstić information content (AvgIpc) is 2.64. The molecule has 0 spiro atoms. The molecule has 1 aromatic heterocycles. The van der Waals surface area contributed by atoms with Crippen LogP contribution in [-0.4, -0.2) is 10.9 Å². The number of halogens is 1. The van der Waals surface area contributed by atoms with Crippen molar-refractivity contribution in [2.45, 2.75) is 13.5 Å². The van der Waals surface area contributed by atoms with Gasteiger partial charge in [0.1, 0.15) is 6.61 Å². The van der Waals surface area contributed by atoms with E-state index in [1.807, 2.05) is 43.3 Å². The third-order valence-corrected chi connectivity index (χ3v) is 3.91. The van der Waals surface area contributed by atoms with Crippen LogP contribution in [0.2, 0.25) is 5.02 Å². The minimum atomic E-state index is -0.239. The van der Waals surface area contributed by atoms with Crippen molar-refractivity contribution >= 4 is 23.2 Å². The number of carbonyl (C=O) groups excluding carboxylic acids is 1. The molecular weight excluding hydrogens is 336 g/mol. The zero-order chi connectivity index (χ0) is 17.6. The Morgan fingerprint density at radius 1 is 1.12 bits per heavy atom. The Hall–Kier alpha value is -2.85. The fourth-order valence-corrected chi connectivity index (χ4v) is 2.46. The molecule has 3 rings (SSSR count). The van der Waals surface area contributed by atoms with Crippen molar-refractivity contribution < 1.29 is 9.53 Å². The van der Waals surface area contributed by atoms with Crippen molar-refractivity contribution in [3.8, 4) is 5.88 Å². The molecule has 0 aliphatic rings. The Morgan fingerprint density at radius 3 is 2.72 bits per heavy atom. The average molecular weight is 353 g/mol. The molecule has 0 fully saturated rings. The lowest BCUT2D eigenvalue weighted by Gasteiger charge is -2.10. The lowest BCUT2D eigenvalue weighted by Crippen LogP contribution is -2.13. The number of aryl methyl sites for hydroxylation is 1. The van der Waals surface area contributed by atoms with E-state index in [9.17, 15) is 4.79 Å². The number of rotatable bonds is 5. The van der Waals surface area contributed by atoms with E-state index >= 15 is 0 Å². The quantitative estimate of drug-likeness (QED) is 0.712. The van der Waals surface area contributed by atoms with Crippen LogP contribution in [0.15, 0.2) is 66.9 Å². The summed E-state index contributed by atoms with van der Waals surface area (Å²) in [6, 6.07) is 18.4. The number of nitrogens with zero attached hydrogens (tertiary/aromatic N) is 1. The first-order valence-corrected chi connectivity index (χ1v) is 8.20. The molecule has 0 unspecified atom stereocenters. The zero-order valence-electron chi connectivity index (χ0n) is 13.7. The normalized spacial score (nSPS) is 10.3. The van der Waals surface area contributed by atoms with Crippen LogP contribution in [0.25, 0.3) is 0 Å². The van der Waals surface area contributed by atoms with Gasteiger partial charge in [0.25, 0.3) is 5.91 Å². The summed E-state index contributed by atoms with van der Waals surface area (Å²) in [6.45, 7) is 2.30. The molecule has 5 heteroatoms. The number of hydrogen-bond donors (Lipinski definition) is 1. The number of anilines is 1. The maximum absolute atomic E-state index is 12.5. The molecule has 4 nitrogen and oxygen atoms in total.